The average molecular weight is 207 g/mol. The minimum absolute atomic E-state index is 0.185. The van der Waals surface area contributed by atoms with Gasteiger partial charge in [-0.05, 0) is 0 Å². The van der Waals surface area contributed by atoms with Gasteiger partial charge in [0.2, 0.25) is 0 Å². The van der Waals surface area contributed by atoms with E-state index in [2.05, 4.69) is 22.5 Å². The van der Waals surface area contributed by atoms with Crippen molar-refractivity contribution < 1.29 is 9.53 Å². The minimum atomic E-state index is -0.190. The van der Waals surface area contributed by atoms with Crippen LogP contribution in [0.1, 0.15) is 13.3 Å². The monoisotopic (exact) mass is 206 g/mol. The molecule has 0 saturated carbocycles. The van der Waals surface area contributed by atoms with E-state index < -0.39 is 0 Å². The van der Waals surface area contributed by atoms with Crippen molar-refractivity contribution in [2.24, 2.45) is 0 Å². The van der Waals surface area contributed by atoms with E-state index >= 15 is 0 Å². The van der Waals surface area contributed by atoms with Crippen LogP contribution in [0, 0.1) is 0 Å². The number of carbonyl (C=O) groups excluding carboxylic acids is 1. The molecule has 0 amide bonds. The Labute approximate surface area is 69.4 Å². The van der Waals surface area contributed by atoms with Crippen LogP contribution in [-0.2, 0) is 9.53 Å². The van der Waals surface area contributed by atoms with Crippen LogP contribution in [-0.4, -0.2) is 17.4 Å². The van der Waals surface area contributed by atoms with Crippen LogP contribution < -0.4 is 0 Å². The quantitative estimate of drug-likeness (QED) is 0.399. The number of ether oxygens (including phenoxy) is 1. The number of halogens is 1. The third-order valence-electron chi connectivity index (χ3n) is 0.810. The topological polar surface area (TPSA) is 26.3 Å². The van der Waals surface area contributed by atoms with Crippen molar-refractivity contribution in [1.29, 1.82) is 0 Å². The molecular weight excluding hydrogens is 196 g/mol. The Bertz CT molecular complexity index is 121. The first-order valence-electron chi connectivity index (χ1n) is 3.07. The van der Waals surface area contributed by atoms with Gasteiger partial charge in [0.1, 0.15) is 6.61 Å². The summed E-state index contributed by atoms with van der Waals surface area (Å²) in [6.07, 6.45) is 1.96. The zero-order valence-electron chi connectivity index (χ0n) is 5.97. The van der Waals surface area contributed by atoms with Crippen LogP contribution >= 0.6 is 15.9 Å². The summed E-state index contributed by atoms with van der Waals surface area (Å²) in [5.74, 6) is -0.190. The van der Waals surface area contributed by atoms with Crippen molar-refractivity contribution >= 4 is 21.9 Å². The first-order valence-corrected chi connectivity index (χ1v) is 3.99. The molecule has 10 heavy (non-hydrogen) atoms. The number of carbonyl (C=O) groups is 1. The largest absolute Gasteiger partial charge is 0.461 e. The van der Waals surface area contributed by atoms with Crippen molar-refractivity contribution in [2.45, 2.75) is 18.2 Å². The maximum Gasteiger partial charge on any atom is 0.307 e. The summed E-state index contributed by atoms with van der Waals surface area (Å²) in [6.45, 7) is 5.62. The lowest BCUT2D eigenvalue weighted by Crippen LogP contribution is -2.08. The van der Waals surface area contributed by atoms with Crippen molar-refractivity contribution in [1.82, 2.24) is 0 Å². The summed E-state index contributed by atoms with van der Waals surface area (Å²) in [4.78, 5) is 10.9. The van der Waals surface area contributed by atoms with Crippen molar-refractivity contribution in [2.75, 3.05) is 6.61 Å². The van der Waals surface area contributed by atoms with E-state index in [9.17, 15) is 4.79 Å². The molecule has 0 spiro atoms. The van der Waals surface area contributed by atoms with Crippen LogP contribution in [0.3, 0.4) is 0 Å². The molecule has 0 aliphatic carbocycles. The molecule has 0 rings (SSSR count). The number of hydrogen-bond acceptors (Lipinski definition) is 2. The van der Waals surface area contributed by atoms with E-state index in [0.717, 1.165) is 0 Å². The Morgan fingerprint density at radius 1 is 1.90 bits per heavy atom. The highest BCUT2D eigenvalue weighted by Gasteiger charge is 2.04. The van der Waals surface area contributed by atoms with Gasteiger partial charge in [-0.2, -0.15) is 0 Å². The van der Waals surface area contributed by atoms with Gasteiger partial charge in [-0.1, -0.05) is 35.5 Å². The molecule has 0 aromatic carbocycles. The van der Waals surface area contributed by atoms with E-state index in [-0.39, 0.29) is 10.8 Å². The zero-order valence-corrected chi connectivity index (χ0v) is 7.56. The van der Waals surface area contributed by atoms with Crippen LogP contribution in [0.15, 0.2) is 12.7 Å². The normalized spacial score (nSPS) is 12.2. The number of esters is 1. The summed E-state index contributed by atoms with van der Waals surface area (Å²) in [5, 5.41) is 0. The van der Waals surface area contributed by atoms with Gasteiger partial charge in [0.05, 0.1) is 6.42 Å². The second kappa shape index (κ2) is 5.47. The molecule has 1 atom stereocenters. The fourth-order valence-electron chi connectivity index (χ4n) is 0.440. The predicted octanol–water partition coefficient (Wildman–Crippen LogP) is 1.89. The summed E-state index contributed by atoms with van der Waals surface area (Å²) in [6, 6.07) is 0. The van der Waals surface area contributed by atoms with Crippen LogP contribution in [0.25, 0.3) is 0 Å². The van der Waals surface area contributed by atoms with Gasteiger partial charge in [0.25, 0.3) is 0 Å². The van der Waals surface area contributed by atoms with Crippen LogP contribution in [0.5, 0.6) is 0 Å². The Balaban J connectivity index is 3.34. The molecular formula is C7H11BrO2. The molecule has 0 radical (unpaired) electrons. The smallest absolute Gasteiger partial charge is 0.307 e. The second-order valence-electron chi connectivity index (χ2n) is 1.96. The zero-order chi connectivity index (χ0) is 7.98. The molecule has 1 unspecified atom stereocenters. The minimum Gasteiger partial charge on any atom is -0.461 e. The van der Waals surface area contributed by atoms with E-state index in [4.69, 9.17) is 4.74 Å². The Kier molecular flexibility index (Phi) is 5.30. The molecule has 2 nitrogen and oxygen atoms in total. The van der Waals surface area contributed by atoms with Crippen LogP contribution in [0.2, 0.25) is 0 Å². The van der Waals surface area contributed by atoms with Gasteiger partial charge >= 0.3 is 5.97 Å². The summed E-state index contributed by atoms with van der Waals surface area (Å²) < 4.78 is 4.72. The highest BCUT2D eigenvalue weighted by Crippen LogP contribution is 2.03. The van der Waals surface area contributed by atoms with E-state index in [1.54, 1.807) is 6.08 Å². The van der Waals surface area contributed by atoms with E-state index in [1.165, 1.54) is 0 Å². The molecule has 0 aliphatic heterocycles. The second-order valence-corrected chi connectivity index (χ2v) is 3.52. The average Bonchev–Trinajstić information content (AvgIpc) is 1.82. The summed E-state index contributed by atoms with van der Waals surface area (Å²) in [7, 11) is 0. The lowest BCUT2D eigenvalue weighted by atomic mass is 10.3. The third-order valence-corrected chi connectivity index (χ3v) is 1.13. The lowest BCUT2D eigenvalue weighted by molar-refractivity contribution is -0.142. The van der Waals surface area contributed by atoms with E-state index in [0.29, 0.717) is 13.0 Å². The molecule has 3 heteroatoms. The highest BCUT2D eigenvalue weighted by atomic mass is 79.9. The maximum atomic E-state index is 10.7. The van der Waals surface area contributed by atoms with Crippen molar-refractivity contribution in [3.63, 3.8) is 0 Å². The fraction of sp³-hybridized carbons (Fsp3) is 0.571. The van der Waals surface area contributed by atoms with Gasteiger partial charge in [-0.15, -0.1) is 0 Å². The van der Waals surface area contributed by atoms with E-state index in [1.807, 2.05) is 6.92 Å². The molecule has 0 aliphatic rings. The molecule has 0 heterocycles. The van der Waals surface area contributed by atoms with Gasteiger partial charge in [0.15, 0.2) is 0 Å². The fourth-order valence-corrected chi connectivity index (χ4v) is 0.705. The van der Waals surface area contributed by atoms with Gasteiger partial charge in [0, 0.05) is 4.83 Å². The molecule has 0 saturated heterocycles. The molecule has 58 valence electrons. The molecule has 0 fully saturated rings. The standard InChI is InChI=1S/C7H11BrO2/c1-3-4-10-7(9)5-6(2)8/h3,6H,1,4-5H2,2H3. The Hall–Kier alpha value is -0.310. The van der Waals surface area contributed by atoms with Crippen molar-refractivity contribution in [3.05, 3.63) is 12.7 Å². The Morgan fingerprint density at radius 2 is 2.50 bits per heavy atom. The third kappa shape index (κ3) is 5.82. The highest BCUT2D eigenvalue weighted by molar-refractivity contribution is 9.09. The lowest BCUT2D eigenvalue weighted by Gasteiger charge is -2.01. The predicted molar refractivity (Wildman–Crippen MR) is 44.2 cm³/mol. The Morgan fingerprint density at radius 3 is 2.90 bits per heavy atom. The SMILES string of the molecule is C=CCOC(=O)CC(C)Br. The van der Waals surface area contributed by atoms with Crippen LogP contribution in [0.4, 0.5) is 0 Å². The number of hydrogen-bond donors (Lipinski definition) is 0. The van der Waals surface area contributed by atoms with Crippen molar-refractivity contribution in [3.8, 4) is 0 Å². The van der Waals surface area contributed by atoms with Gasteiger partial charge in [-0.3, -0.25) is 4.79 Å². The van der Waals surface area contributed by atoms with Gasteiger partial charge < -0.3 is 4.74 Å². The summed E-state index contributed by atoms with van der Waals surface area (Å²) in [5.41, 5.74) is 0. The molecule has 0 N–H and O–H groups in total. The molecule has 0 aromatic heterocycles. The number of alkyl halides is 1. The first-order chi connectivity index (χ1) is 4.66. The maximum absolute atomic E-state index is 10.7. The molecule has 0 bridgehead atoms. The van der Waals surface area contributed by atoms with Gasteiger partial charge in [-0.25, -0.2) is 0 Å². The molecule has 0 aromatic rings. The number of rotatable bonds is 4. The summed E-state index contributed by atoms with van der Waals surface area (Å²) >= 11 is 3.24. The first kappa shape index (κ1) is 9.69.